The molecule has 0 saturated heterocycles. The lowest BCUT2D eigenvalue weighted by Crippen LogP contribution is -2.05. The molecule has 2 aromatic heterocycles. The number of aromatic nitrogens is 2. The van der Waals surface area contributed by atoms with Gasteiger partial charge in [0.05, 0.1) is 47.1 Å². The lowest BCUT2D eigenvalue weighted by molar-refractivity contribution is -0.138. The van der Waals surface area contributed by atoms with Crippen LogP contribution in [-0.4, -0.2) is 21.0 Å². The second-order valence-electron chi connectivity index (χ2n) is 11.1. The second-order valence-corrected chi connectivity index (χ2v) is 14.2. The number of nitrogens with zero attached hydrogens (tertiary/aromatic N) is 2. The third kappa shape index (κ3) is 8.23. The van der Waals surface area contributed by atoms with E-state index in [-0.39, 0.29) is 12.0 Å². The largest absolute Gasteiger partial charge is 0.478 e. The van der Waals surface area contributed by atoms with Gasteiger partial charge in [0.15, 0.2) is 0 Å². The van der Waals surface area contributed by atoms with Crippen LogP contribution in [0.25, 0.3) is 31.6 Å². The summed E-state index contributed by atoms with van der Waals surface area (Å²) < 4.78 is 79.8. The van der Waals surface area contributed by atoms with Gasteiger partial charge in [0.2, 0.25) is 0 Å². The average Bonchev–Trinajstić information content (AvgIpc) is 3.68. The van der Waals surface area contributed by atoms with Crippen molar-refractivity contribution in [2.24, 2.45) is 0 Å². The second kappa shape index (κ2) is 14.3. The number of fused-ring (bicyclic) bond motifs is 2. The van der Waals surface area contributed by atoms with Gasteiger partial charge >= 0.3 is 18.3 Å². The highest BCUT2D eigenvalue weighted by molar-refractivity contribution is 9.10. The van der Waals surface area contributed by atoms with Gasteiger partial charge in [-0.05, 0) is 75.1 Å². The number of aromatic carboxylic acids is 1. The fraction of sp³-hybridized carbons (Fsp3) is 0.108. The maximum atomic E-state index is 12.9. The van der Waals surface area contributed by atoms with Gasteiger partial charge in [-0.15, -0.1) is 22.7 Å². The molecular formula is C37H23BrF6N2O2S2. The number of para-hydroxylation sites is 2. The molecule has 13 heteroatoms. The molecule has 7 rings (SSSR count). The Labute approximate surface area is 297 Å². The number of hydrogen-bond donors (Lipinski definition) is 1. The average molecular weight is 786 g/mol. The Balaban J connectivity index is 0.000000182. The minimum absolute atomic E-state index is 0.180. The minimum Gasteiger partial charge on any atom is -0.478 e. The molecule has 0 bridgehead atoms. The standard InChI is InChI=1S/C22H14F3NO2S.C15H9BrF3NS/c23-22(24,25)16-7-1-4-13(10-16)11-19-26-20-17(8-3-9-18(20)29-19)14-5-2-6-15(12-14)21(27)28;16-11-5-2-6-12-14(11)20-13(21-12)8-9-3-1-4-10(7-9)15(17,18)19/h1-10,12H,11H2,(H,27,28);1-7H,8H2. The first-order valence-electron chi connectivity index (χ1n) is 14.8. The van der Waals surface area contributed by atoms with Crippen molar-refractivity contribution in [1.29, 1.82) is 0 Å². The third-order valence-electron chi connectivity index (χ3n) is 7.52. The zero-order valence-corrected chi connectivity index (χ0v) is 28.7. The van der Waals surface area contributed by atoms with Crippen molar-refractivity contribution < 1.29 is 36.2 Å². The summed E-state index contributed by atoms with van der Waals surface area (Å²) in [6.45, 7) is 0. The van der Waals surface area contributed by atoms with E-state index in [1.165, 1.54) is 46.9 Å². The number of hydrogen-bond acceptors (Lipinski definition) is 5. The number of thiazole rings is 2. The number of carboxylic acids is 1. The van der Waals surface area contributed by atoms with Crippen molar-refractivity contribution in [3.63, 3.8) is 0 Å². The van der Waals surface area contributed by atoms with Crippen molar-refractivity contribution in [2.45, 2.75) is 25.2 Å². The Morgan fingerprint density at radius 1 is 0.640 bits per heavy atom. The van der Waals surface area contributed by atoms with Gasteiger partial charge < -0.3 is 5.11 Å². The number of benzene rings is 5. The summed E-state index contributed by atoms with van der Waals surface area (Å²) in [5, 5.41) is 10.7. The van der Waals surface area contributed by atoms with E-state index < -0.39 is 29.4 Å². The van der Waals surface area contributed by atoms with Crippen LogP contribution in [0.5, 0.6) is 0 Å². The third-order valence-corrected chi connectivity index (χ3v) is 10.2. The molecular weight excluding hydrogens is 762 g/mol. The van der Waals surface area contributed by atoms with E-state index in [0.29, 0.717) is 28.1 Å². The monoisotopic (exact) mass is 784 g/mol. The van der Waals surface area contributed by atoms with E-state index in [0.717, 1.165) is 53.7 Å². The van der Waals surface area contributed by atoms with Crippen LogP contribution >= 0.6 is 38.6 Å². The number of alkyl halides is 6. The maximum absolute atomic E-state index is 12.9. The van der Waals surface area contributed by atoms with Crippen LogP contribution < -0.4 is 0 Å². The molecule has 4 nitrogen and oxygen atoms in total. The van der Waals surface area contributed by atoms with E-state index in [1.54, 1.807) is 24.3 Å². The number of halogens is 7. The van der Waals surface area contributed by atoms with E-state index in [9.17, 15) is 36.2 Å². The summed E-state index contributed by atoms with van der Waals surface area (Å²) in [7, 11) is 0. The van der Waals surface area contributed by atoms with Gasteiger partial charge in [-0.1, -0.05) is 66.7 Å². The number of carboxylic acid groups (broad SMARTS) is 1. The summed E-state index contributed by atoms with van der Waals surface area (Å²) in [6, 6.07) is 28.6. The molecule has 2 heterocycles. The van der Waals surface area contributed by atoms with Crippen LogP contribution in [0.1, 0.15) is 42.6 Å². The number of carbonyl (C=O) groups is 1. The lowest BCUT2D eigenvalue weighted by atomic mass is 10.0. The molecule has 7 aromatic rings. The van der Waals surface area contributed by atoms with Crippen molar-refractivity contribution in [3.05, 3.63) is 151 Å². The molecule has 0 aliphatic carbocycles. The van der Waals surface area contributed by atoms with Crippen LogP contribution in [0.4, 0.5) is 26.3 Å². The molecule has 0 fully saturated rings. The molecule has 0 spiro atoms. The fourth-order valence-corrected chi connectivity index (χ4v) is 7.87. The quantitative estimate of drug-likeness (QED) is 0.171. The topological polar surface area (TPSA) is 63.1 Å². The fourth-order valence-electron chi connectivity index (χ4n) is 5.22. The maximum Gasteiger partial charge on any atom is 0.416 e. The smallest absolute Gasteiger partial charge is 0.416 e. The Morgan fingerprint density at radius 3 is 1.68 bits per heavy atom. The van der Waals surface area contributed by atoms with E-state index >= 15 is 0 Å². The van der Waals surface area contributed by atoms with Crippen molar-refractivity contribution >= 4 is 65.0 Å². The zero-order chi connectivity index (χ0) is 35.6. The Hall–Kier alpha value is -4.59. The highest BCUT2D eigenvalue weighted by Crippen LogP contribution is 2.35. The molecule has 0 unspecified atom stereocenters. The first-order valence-corrected chi connectivity index (χ1v) is 17.3. The molecule has 0 radical (unpaired) electrons. The van der Waals surface area contributed by atoms with E-state index in [2.05, 4.69) is 25.9 Å². The first kappa shape index (κ1) is 35.2. The first-order chi connectivity index (χ1) is 23.7. The van der Waals surface area contributed by atoms with Crippen LogP contribution in [0.15, 0.2) is 114 Å². The van der Waals surface area contributed by atoms with Crippen molar-refractivity contribution in [2.75, 3.05) is 0 Å². The summed E-state index contributed by atoms with van der Waals surface area (Å²) in [5.74, 6) is -1.01. The predicted octanol–water partition coefficient (Wildman–Crippen LogP) is 11.9. The zero-order valence-electron chi connectivity index (χ0n) is 25.5. The van der Waals surface area contributed by atoms with Gasteiger partial charge in [-0.2, -0.15) is 26.3 Å². The molecule has 5 aromatic carbocycles. The van der Waals surface area contributed by atoms with Crippen LogP contribution in [0.3, 0.4) is 0 Å². The normalized spacial score (nSPS) is 11.8. The summed E-state index contributed by atoms with van der Waals surface area (Å²) in [4.78, 5) is 20.4. The van der Waals surface area contributed by atoms with Crippen molar-refractivity contribution in [3.8, 4) is 11.1 Å². The summed E-state index contributed by atoms with van der Waals surface area (Å²) >= 11 is 6.34. The molecule has 0 amide bonds. The molecule has 0 atom stereocenters. The highest BCUT2D eigenvalue weighted by atomic mass is 79.9. The Bertz CT molecular complexity index is 2330. The summed E-state index contributed by atoms with van der Waals surface area (Å²) in [5.41, 5.74) is 3.10. The van der Waals surface area contributed by atoms with Crippen LogP contribution in [0.2, 0.25) is 0 Å². The molecule has 254 valence electrons. The Kier molecular flexibility index (Phi) is 10.1. The highest BCUT2D eigenvalue weighted by Gasteiger charge is 2.31. The van der Waals surface area contributed by atoms with Gasteiger partial charge in [0, 0.05) is 22.9 Å². The molecule has 0 saturated carbocycles. The van der Waals surface area contributed by atoms with Crippen LogP contribution in [-0.2, 0) is 25.2 Å². The van der Waals surface area contributed by atoms with Gasteiger partial charge in [-0.25, -0.2) is 14.8 Å². The van der Waals surface area contributed by atoms with Gasteiger partial charge in [0.25, 0.3) is 0 Å². The summed E-state index contributed by atoms with van der Waals surface area (Å²) in [6.07, 6.45) is -8.01. The lowest BCUT2D eigenvalue weighted by Gasteiger charge is -2.07. The van der Waals surface area contributed by atoms with Gasteiger partial charge in [0.1, 0.15) is 0 Å². The Morgan fingerprint density at radius 2 is 1.14 bits per heavy atom. The van der Waals surface area contributed by atoms with Crippen LogP contribution in [0, 0.1) is 0 Å². The molecule has 0 aliphatic heterocycles. The molecule has 50 heavy (non-hydrogen) atoms. The van der Waals surface area contributed by atoms with Crippen molar-refractivity contribution in [1.82, 2.24) is 9.97 Å². The predicted molar refractivity (Wildman–Crippen MR) is 188 cm³/mol. The van der Waals surface area contributed by atoms with E-state index in [1.807, 2.05) is 42.5 Å². The SMILES string of the molecule is FC(F)(F)c1cccc(Cc2nc3c(Br)cccc3s2)c1.O=C(O)c1cccc(-c2cccc3sc(Cc4cccc(C(F)(F)F)c4)nc23)c1. The van der Waals surface area contributed by atoms with E-state index in [4.69, 9.17) is 0 Å². The molecule has 1 N–H and O–H groups in total. The number of rotatable bonds is 6. The van der Waals surface area contributed by atoms with Gasteiger partial charge in [-0.3, -0.25) is 0 Å². The molecule has 0 aliphatic rings. The minimum atomic E-state index is -4.38.